The largest absolute Gasteiger partial charge is 0.378 e. The number of hydrogen-bond acceptors (Lipinski definition) is 5. The van der Waals surface area contributed by atoms with Crippen LogP contribution in [0.1, 0.15) is 4.88 Å². The van der Waals surface area contributed by atoms with Gasteiger partial charge in [0.1, 0.15) is 5.52 Å². The molecule has 2 aromatic heterocycles. The summed E-state index contributed by atoms with van der Waals surface area (Å²) in [5, 5.41) is 11.5. The van der Waals surface area contributed by atoms with Crippen LogP contribution in [-0.4, -0.2) is 20.0 Å². The average molecular weight is 280 g/mol. The normalized spacial score (nSPS) is 11.0. The van der Waals surface area contributed by atoms with E-state index in [0.29, 0.717) is 11.0 Å². The molecule has 2 heterocycles. The van der Waals surface area contributed by atoms with E-state index in [1.165, 1.54) is 11.3 Å². The second-order valence-corrected chi connectivity index (χ2v) is 5.52. The Kier molecular flexibility index (Phi) is 2.89. The molecular weight excluding hydrogens is 270 g/mol. The van der Waals surface area contributed by atoms with Crippen molar-refractivity contribution in [3.05, 3.63) is 33.7 Å². The van der Waals surface area contributed by atoms with Crippen LogP contribution in [0.3, 0.4) is 0 Å². The van der Waals surface area contributed by atoms with Crippen LogP contribution in [0.25, 0.3) is 11.0 Å². The third kappa shape index (κ3) is 2.04. The lowest BCUT2D eigenvalue weighted by molar-refractivity contribution is 0.736. The van der Waals surface area contributed by atoms with Crippen molar-refractivity contribution in [3.8, 4) is 0 Å². The van der Waals surface area contributed by atoms with Crippen LogP contribution in [0.15, 0.2) is 24.4 Å². The summed E-state index contributed by atoms with van der Waals surface area (Å²) in [5.41, 5.74) is 2.84. The molecule has 0 bridgehead atoms. The number of anilines is 1. The van der Waals surface area contributed by atoms with E-state index >= 15 is 0 Å². The van der Waals surface area contributed by atoms with Crippen molar-refractivity contribution in [3.63, 3.8) is 0 Å². The molecule has 0 saturated carbocycles. The molecule has 0 radical (unpaired) electrons. The summed E-state index contributed by atoms with van der Waals surface area (Å²) in [7, 11) is 1.88. The summed E-state index contributed by atoms with van der Waals surface area (Å²) in [5.74, 6) is 0. The van der Waals surface area contributed by atoms with Crippen molar-refractivity contribution >= 4 is 39.7 Å². The molecule has 3 rings (SSSR count). The zero-order valence-corrected chi connectivity index (χ0v) is 11.2. The van der Waals surface area contributed by atoms with Gasteiger partial charge in [-0.3, -0.25) is 0 Å². The van der Waals surface area contributed by atoms with Gasteiger partial charge >= 0.3 is 0 Å². The number of aryl methyl sites for hydroxylation is 1. The van der Waals surface area contributed by atoms with Gasteiger partial charge in [-0.25, -0.2) is 9.67 Å². The lowest BCUT2D eigenvalue weighted by Gasteiger charge is -2.04. The number of hydrogen-bond donors (Lipinski definition) is 1. The maximum Gasteiger partial charge on any atom is 0.183 e. The van der Waals surface area contributed by atoms with Crippen molar-refractivity contribution in [2.75, 3.05) is 5.32 Å². The van der Waals surface area contributed by atoms with Gasteiger partial charge in [0.2, 0.25) is 0 Å². The summed E-state index contributed by atoms with van der Waals surface area (Å²) < 4.78 is 2.31. The van der Waals surface area contributed by atoms with Crippen LogP contribution < -0.4 is 5.32 Å². The average Bonchev–Trinajstić information content (AvgIpc) is 2.94. The van der Waals surface area contributed by atoms with Crippen LogP contribution in [0, 0.1) is 0 Å². The minimum absolute atomic E-state index is 0.560. The Hall–Kier alpha value is -1.66. The number of thiazole rings is 1. The fraction of sp³-hybridized carbons (Fsp3) is 0.182. The monoisotopic (exact) mass is 279 g/mol. The van der Waals surface area contributed by atoms with E-state index < -0.39 is 0 Å². The van der Waals surface area contributed by atoms with E-state index in [-0.39, 0.29) is 0 Å². The molecule has 0 aliphatic carbocycles. The highest BCUT2D eigenvalue weighted by molar-refractivity contribution is 7.15. The van der Waals surface area contributed by atoms with Crippen LogP contribution >= 0.6 is 22.9 Å². The first-order valence-corrected chi connectivity index (χ1v) is 6.56. The van der Waals surface area contributed by atoms with Crippen molar-refractivity contribution in [1.29, 1.82) is 0 Å². The van der Waals surface area contributed by atoms with Gasteiger partial charge < -0.3 is 5.32 Å². The Morgan fingerprint density at radius 2 is 2.33 bits per heavy atom. The van der Waals surface area contributed by atoms with E-state index in [2.05, 4.69) is 20.6 Å². The zero-order chi connectivity index (χ0) is 12.5. The molecule has 7 heteroatoms. The SMILES string of the molecule is Cn1nnc2c(NCc3cnc(Cl)s3)cccc21. The Bertz CT molecular complexity index is 690. The smallest absolute Gasteiger partial charge is 0.183 e. The van der Waals surface area contributed by atoms with Crippen molar-refractivity contribution in [2.24, 2.45) is 7.05 Å². The topological polar surface area (TPSA) is 55.6 Å². The quantitative estimate of drug-likeness (QED) is 0.801. The van der Waals surface area contributed by atoms with Crippen LogP contribution in [0.5, 0.6) is 0 Å². The Morgan fingerprint density at radius 3 is 3.11 bits per heavy atom. The number of benzene rings is 1. The van der Waals surface area contributed by atoms with E-state index in [9.17, 15) is 0 Å². The molecule has 0 unspecified atom stereocenters. The van der Waals surface area contributed by atoms with Crippen molar-refractivity contribution in [1.82, 2.24) is 20.0 Å². The zero-order valence-electron chi connectivity index (χ0n) is 9.59. The van der Waals surface area contributed by atoms with Crippen LogP contribution in [0.4, 0.5) is 5.69 Å². The fourth-order valence-electron chi connectivity index (χ4n) is 1.75. The maximum absolute atomic E-state index is 5.79. The van der Waals surface area contributed by atoms with Gasteiger partial charge in [0.05, 0.1) is 17.7 Å². The van der Waals surface area contributed by atoms with Crippen molar-refractivity contribution < 1.29 is 0 Å². The molecule has 18 heavy (non-hydrogen) atoms. The standard InChI is InChI=1S/C11H10ClN5S/c1-17-9-4-2-3-8(10(9)15-16-17)13-5-7-6-14-11(12)18-7/h2-4,6,13H,5H2,1H3. The minimum Gasteiger partial charge on any atom is -0.378 e. The molecule has 92 valence electrons. The van der Waals surface area contributed by atoms with E-state index in [4.69, 9.17) is 11.6 Å². The summed E-state index contributed by atoms with van der Waals surface area (Å²) in [6.07, 6.45) is 1.77. The van der Waals surface area contributed by atoms with Gasteiger partial charge in [-0.2, -0.15) is 0 Å². The molecule has 5 nitrogen and oxygen atoms in total. The molecule has 0 spiro atoms. The van der Waals surface area contributed by atoms with E-state index in [1.54, 1.807) is 10.9 Å². The molecule has 1 aromatic carbocycles. The summed E-state index contributed by atoms with van der Waals surface area (Å²) in [6.45, 7) is 0.681. The lowest BCUT2D eigenvalue weighted by Crippen LogP contribution is -1.98. The summed E-state index contributed by atoms with van der Waals surface area (Å²) in [4.78, 5) is 5.09. The molecule has 0 saturated heterocycles. The molecule has 0 amide bonds. The van der Waals surface area contributed by atoms with Gasteiger partial charge in [0.15, 0.2) is 4.47 Å². The third-order valence-corrected chi connectivity index (χ3v) is 3.74. The van der Waals surface area contributed by atoms with E-state index in [1.807, 2.05) is 25.2 Å². The first-order valence-electron chi connectivity index (χ1n) is 5.36. The number of rotatable bonds is 3. The molecule has 1 N–H and O–H groups in total. The van der Waals surface area contributed by atoms with Gasteiger partial charge in [0.25, 0.3) is 0 Å². The Balaban J connectivity index is 1.86. The first kappa shape index (κ1) is 11.4. The highest BCUT2D eigenvalue weighted by Crippen LogP contribution is 2.23. The molecule has 0 atom stereocenters. The Morgan fingerprint density at radius 1 is 1.44 bits per heavy atom. The number of fused-ring (bicyclic) bond motifs is 1. The lowest BCUT2D eigenvalue weighted by atomic mass is 10.2. The summed E-state index contributed by atoms with van der Waals surface area (Å²) in [6, 6.07) is 5.96. The van der Waals surface area contributed by atoms with Gasteiger partial charge in [-0.05, 0) is 12.1 Å². The Labute approximate surface area is 112 Å². The van der Waals surface area contributed by atoms with Crippen molar-refractivity contribution in [2.45, 2.75) is 6.54 Å². The van der Waals surface area contributed by atoms with Gasteiger partial charge in [-0.1, -0.05) is 22.9 Å². The highest BCUT2D eigenvalue weighted by atomic mass is 35.5. The predicted octanol–water partition coefficient (Wildman–Crippen LogP) is 2.69. The molecule has 0 aliphatic rings. The molecular formula is C11H10ClN5S. The molecule has 0 aliphatic heterocycles. The second-order valence-electron chi connectivity index (χ2n) is 3.82. The number of nitrogens with one attached hydrogen (secondary N) is 1. The third-order valence-electron chi connectivity index (χ3n) is 2.62. The van der Waals surface area contributed by atoms with Gasteiger partial charge in [-0.15, -0.1) is 16.4 Å². The first-order chi connectivity index (χ1) is 8.74. The van der Waals surface area contributed by atoms with Crippen LogP contribution in [0.2, 0.25) is 4.47 Å². The number of aromatic nitrogens is 4. The summed E-state index contributed by atoms with van der Waals surface area (Å²) >= 11 is 7.26. The maximum atomic E-state index is 5.79. The second kappa shape index (κ2) is 4.55. The minimum atomic E-state index is 0.560. The molecule has 0 fully saturated rings. The highest BCUT2D eigenvalue weighted by Gasteiger charge is 2.07. The van der Waals surface area contributed by atoms with Crippen LogP contribution in [-0.2, 0) is 13.6 Å². The van der Waals surface area contributed by atoms with E-state index in [0.717, 1.165) is 21.6 Å². The number of nitrogens with zero attached hydrogens (tertiary/aromatic N) is 4. The fourth-order valence-corrected chi connectivity index (χ4v) is 2.67. The predicted molar refractivity (Wildman–Crippen MR) is 73.0 cm³/mol. The van der Waals surface area contributed by atoms with Gasteiger partial charge in [0, 0.05) is 18.1 Å². The molecule has 3 aromatic rings. The number of halogens is 1.